The number of hydrogen-bond acceptors (Lipinski definition) is 9. The molecule has 1 aliphatic rings. The fraction of sp³-hybridized carbons (Fsp3) is 0.267. The van der Waals surface area contributed by atoms with Crippen molar-refractivity contribution in [2.75, 3.05) is 31.1 Å². The van der Waals surface area contributed by atoms with E-state index in [1.54, 1.807) is 54.0 Å². The monoisotopic (exact) mass is 618 g/mol. The predicted molar refractivity (Wildman–Crippen MR) is 156 cm³/mol. The number of para-hydroxylation sites is 1. The Morgan fingerprint density at radius 2 is 1.64 bits per heavy atom. The summed E-state index contributed by atoms with van der Waals surface area (Å²) in [6.07, 6.45) is -5.08. The van der Waals surface area contributed by atoms with Crippen LogP contribution in [0.1, 0.15) is 23.6 Å². The number of nitrogens with zero attached hydrogens (tertiary/aromatic N) is 7. The van der Waals surface area contributed by atoms with Gasteiger partial charge in [-0.1, -0.05) is 36.3 Å². The van der Waals surface area contributed by atoms with Crippen molar-refractivity contribution in [2.24, 2.45) is 0 Å². The van der Waals surface area contributed by atoms with Gasteiger partial charge < -0.3 is 20.1 Å². The van der Waals surface area contributed by atoms with Crippen LogP contribution < -0.4 is 20.5 Å². The van der Waals surface area contributed by atoms with E-state index in [1.807, 2.05) is 6.07 Å². The molecule has 12 nitrogen and oxygen atoms in total. The minimum Gasteiger partial charge on any atom is -0.475 e. The van der Waals surface area contributed by atoms with Gasteiger partial charge in [0, 0.05) is 26.2 Å². The first-order chi connectivity index (χ1) is 21.6. The number of aliphatic carboxylic acids is 1. The Labute approximate surface area is 254 Å². The fourth-order valence-electron chi connectivity index (χ4n) is 4.40. The Morgan fingerprint density at radius 3 is 2.27 bits per heavy atom. The number of carboxylic acids is 1. The van der Waals surface area contributed by atoms with Gasteiger partial charge in [-0.25, -0.2) is 4.79 Å². The maximum absolute atomic E-state index is 14.1. The molecule has 0 saturated carbocycles. The highest BCUT2D eigenvalue weighted by molar-refractivity contribution is 5.75. The second-order valence-corrected chi connectivity index (χ2v) is 9.40. The summed E-state index contributed by atoms with van der Waals surface area (Å²) in [6.45, 7) is 5.11. The number of imidazole rings is 1. The normalized spacial score (nSPS) is 12.6. The summed E-state index contributed by atoms with van der Waals surface area (Å²) in [5.74, 6) is 4.07. The molecule has 3 heterocycles. The summed E-state index contributed by atoms with van der Waals surface area (Å²) in [4.78, 5) is 34.6. The number of piperazine rings is 1. The molecular formula is C30H25F3N8O4. The van der Waals surface area contributed by atoms with Crippen LogP contribution in [0.3, 0.4) is 0 Å². The van der Waals surface area contributed by atoms with Crippen LogP contribution in [0.2, 0.25) is 0 Å². The van der Waals surface area contributed by atoms with E-state index in [4.69, 9.17) is 19.6 Å². The minimum atomic E-state index is -5.08. The molecule has 4 aromatic rings. The van der Waals surface area contributed by atoms with Gasteiger partial charge in [0.05, 0.1) is 30.3 Å². The summed E-state index contributed by atoms with van der Waals surface area (Å²) in [6, 6.07) is 18.1. The van der Waals surface area contributed by atoms with E-state index < -0.39 is 12.1 Å². The first-order valence-electron chi connectivity index (χ1n) is 13.4. The molecule has 230 valence electrons. The second-order valence-electron chi connectivity index (χ2n) is 9.40. The van der Waals surface area contributed by atoms with Crippen LogP contribution in [0.5, 0.6) is 11.8 Å². The number of halogens is 3. The predicted octanol–water partition coefficient (Wildman–Crippen LogP) is 3.24. The number of hydrogen-bond donors (Lipinski definition) is 2. The van der Waals surface area contributed by atoms with E-state index in [9.17, 15) is 28.5 Å². The highest BCUT2D eigenvalue weighted by Crippen LogP contribution is 2.27. The van der Waals surface area contributed by atoms with Crippen molar-refractivity contribution in [2.45, 2.75) is 26.2 Å². The van der Waals surface area contributed by atoms with Crippen molar-refractivity contribution in [3.63, 3.8) is 0 Å². The Morgan fingerprint density at radius 1 is 1.02 bits per heavy atom. The molecule has 2 aromatic carbocycles. The molecule has 1 aliphatic heterocycles. The van der Waals surface area contributed by atoms with E-state index in [2.05, 4.69) is 39.2 Å². The van der Waals surface area contributed by atoms with Crippen LogP contribution in [0.25, 0.3) is 11.2 Å². The number of nitrogens with one attached hydrogen (secondary N) is 1. The van der Waals surface area contributed by atoms with Crippen molar-refractivity contribution in [1.82, 2.24) is 24.4 Å². The van der Waals surface area contributed by atoms with Gasteiger partial charge in [0.2, 0.25) is 5.95 Å². The number of benzene rings is 2. The maximum Gasteiger partial charge on any atom is 0.490 e. The molecule has 1 fully saturated rings. The lowest BCUT2D eigenvalue weighted by molar-refractivity contribution is -0.192. The van der Waals surface area contributed by atoms with Crippen LogP contribution >= 0.6 is 0 Å². The molecule has 15 heteroatoms. The van der Waals surface area contributed by atoms with Gasteiger partial charge in [0.1, 0.15) is 11.8 Å². The summed E-state index contributed by atoms with van der Waals surface area (Å²) in [7, 11) is 0. The van der Waals surface area contributed by atoms with Gasteiger partial charge in [-0.2, -0.15) is 33.7 Å². The van der Waals surface area contributed by atoms with Gasteiger partial charge in [-0.05, 0) is 30.7 Å². The maximum atomic E-state index is 14.1. The quantitative estimate of drug-likeness (QED) is 0.307. The highest BCUT2D eigenvalue weighted by Gasteiger charge is 2.38. The van der Waals surface area contributed by atoms with E-state index in [-0.39, 0.29) is 36.1 Å². The third-order valence-electron chi connectivity index (χ3n) is 6.54. The zero-order valence-electron chi connectivity index (χ0n) is 23.8. The number of nitriles is 2. The summed E-state index contributed by atoms with van der Waals surface area (Å²) in [5, 5.41) is 29.7. The van der Waals surface area contributed by atoms with Crippen LogP contribution in [0.4, 0.5) is 19.1 Å². The van der Waals surface area contributed by atoms with Crippen LogP contribution in [-0.2, 0) is 17.9 Å². The smallest absolute Gasteiger partial charge is 0.475 e. The summed E-state index contributed by atoms with van der Waals surface area (Å²) < 4.78 is 41.0. The van der Waals surface area contributed by atoms with Crippen LogP contribution in [0.15, 0.2) is 53.3 Å². The molecular weight excluding hydrogens is 593 g/mol. The number of anilines is 1. The van der Waals surface area contributed by atoms with Gasteiger partial charge in [-0.15, -0.1) is 5.92 Å². The number of alkyl halides is 3. The second kappa shape index (κ2) is 14.1. The molecule has 0 spiro atoms. The van der Waals surface area contributed by atoms with Gasteiger partial charge in [0.15, 0.2) is 11.2 Å². The van der Waals surface area contributed by atoms with Crippen LogP contribution in [-0.4, -0.2) is 62.5 Å². The first kappa shape index (κ1) is 32.1. The van der Waals surface area contributed by atoms with Crippen molar-refractivity contribution in [1.29, 1.82) is 10.5 Å². The molecule has 1 saturated heterocycles. The van der Waals surface area contributed by atoms with Crippen molar-refractivity contribution >= 4 is 23.1 Å². The van der Waals surface area contributed by atoms with Crippen molar-refractivity contribution in [3.05, 3.63) is 75.6 Å². The molecule has 0 unspecified atom stereocenters. The molecule has 0 aliphatic carbocycles. The molecule has 0 atom stereocenters. The fourth-order valence-corrected chi connectivity index (χ4v) is 4.40. The lowest BCUT2D eigenvalue weighted by atomic mass is 10.1. The summed E-state index contributed by atoms with van der Waals surface area (Å²) in [5.41, 5.74) is 1.54. The zero-order valence-corrected chi connectivity index (χ0v) is 23.8. The SMILES string of the molecule is CC#CCn1c(N2CCNCC2)nc2nc(Oc3ccccc3C#N)n(Cc3ccccc3C#N)c(=O)c21.O=C(O)C(F)(F)F. The standard InChI is InChI=1S/C28H24N8O2.C2HF3O2/c1-2-3-14-35-24-25(32-27(35)34-15-12-31-13-16-34)33-28(38-23-11-7-6-9-21(23)18-30)36(26(24)37)19-22-10-5-4-8-20(22)17-29;3-2(4,5)1(6)7/h4-11,31H,12-16,19H2,1H3;(H,6,7). The number of carbonyl (C=O) groups is 1. The molecule has 0 amide bonds. The van der Waals surface area contributed by atoms with E-state index >= 15 is 0 Å². The zero-order chi connectivity index (χ0) is 32.6. The van der Waals surface area contributed by atoms with E-state index in [1.165, 1.54) is 4.57 Å². The van der Waals surface area contributed by atoms with Crippen molar-refractivity contribution < 1.29 is 27.8 Å². The molecule has 45 heavy (non-hydrogen) atoms. The van der Waals surface area contributed by atoms with E-state index in [0.717, 1.165) is 26.2 Å². The average Bonchev–Trinajstić information content (AvgIpc) is 3.40. The summed E-state index contributed by atoms with van der Waals surface area (Å²) >= 11 is 0. The molecule has 2 N–H and O–H groups in total. The molecule has 5 rings (SSSR count). The Hall–Kier alpha value is -5.85. The van der Waals surface area contributed by atoms with Gasteiger partial charge in [-0.3, -0.25) is 13.9 Å². The van der Waals surface area contributed by atoms with Crippen molar-refractivity contribution in [3.8, 4) is 35.7 Å². The number of rotatable bonds is 6. The number of aromatic nitrogens is 4. The molecule has 0 radical (unpaired) electrons. The third kappa shape index (κ3) is 7.39. The Bertz CT molecular complexity index is 1920. The molecule has 2 aromatic heterocycles. The highest BCUT2D eigenvalue weighted by atomic mass is 19.4. The average molecular weight is 619 g/mol. The Kier molecular flexibility index (Phi) is 10.0. The number of fused-ring (bicyclic) bond motifs is 1. The van der Waals surface area contributed by atoms with E-state index in [0.29, 0.717) is 28.2 Å². The lowest BCUT2D eigenvalue weighted by Gasteiger charge is -2.28. The topological polar surface area (TPSA) is 162 Å². The number of carboxylic acid groups (broad SMARTS) is 1. The first-order valence-corrected chi connectivity index (χ1v) is 13.4. The van der Waals surface area contributed by atoms with Gasteiger partial charge >= 0.3 is 18.2 Å². The van der Waals surface area contributed by atoms with Gasteiger partial charge in [0.25, 0.3) is 5.56 Å². The molecule has 0 bridgehead atoms. The largest absolute Gasteiger partial charge is 0.490 e. The lowest BCUT2D eigenvalue weighted by Crippen LogP contribution is -2.44. The third-order valence-corrected chi connectivity index (χ3v) is 6.54. The Balaban J connectivity index is 0.000000591. The minimum absolute atomic E-state index is 0.0176. The van der Waals surface area contributed by atoms with Crippen LogP contribution in [0, 0.1) is 34.5 Å². The number of ether oxygens (including phenoxy) is 1.